The van der Waals surface area contributed by atoms with Gasteiger partial charge in [-0.3, -0.25) is 0 Å². The first kappa shape index (κ1) is 16.7. The van der Waals surface area contributed by atoms with Crippen LogP contribution in [-0.4, -0.2) is 5.66 Å². The van der Waals surface area contributed by atoms with E-state index in [1.165, 1.54) is 5.56 Å². The zero-order valence-corrected chi connectivity index (χ0v) is 14.9. The molecule has 0 saturated heterocycles. The van der Waals surface area contributed by atoms with Gasteiger partial charge in [-0.2, -0.15) is 0 Å². The second-order valence-electron chi connectivity index (χ2n) is 6.20. The molecule has 0 N–H and O–H groups in total. The van der Waals surface area contributed by atoms with Gasteiger partial charge < -0.3 is 4.57 Å². The summed E-state index contributed by atoms with van der Waals surface area (Å²) in [6.07, 6.45) is 1.86. The van der Waals surface area contributed by atoms with E-state index < -0.39 is 7.14 Å². The van der Waals surface area contributed by atoms with Crippen LogP contribution in [0, 0.1) is 0 Å². The van der Waals surface area contributed by atoms with Gasteiger partial charge in [-0.05, 0) is 18.4 Å². The molecule has 1 atom stereocenters. The summed E-state index contributed by atoms with van der Waals surface area (Å²) in [5, 5.41) is 1.91. The summed E-state index contributed by atoms with van der Waals surface area (Å²) in [7, 11) is -2.65. The van der Waals surface area contributed by atoms with Crippen LogP contribution in [0.1, 0.15) is 18.9 Å². The van der Waals surface area contributed by atoms with Gasteiger partial charge in [0, 0.05) is 16.3 Å². The number of benzene rings is 3. The zero-order chi connectivity index (χ0) is 16.8. The van der Waals surface area contributed by atoms with E-state index in [2.05, 4.69) is 31.2 Å². The molecule has 1 unspecified atom stereocenters. The Balaban J connectivity index is 1.92. The van der Waals surface area contributed by atoms with Gasteiger partial charge in [0.15, 0.2) is 0 Å². The Hall–Kier alpha value is -2.11. The SMILES string of the molecule is CC(CCc1ccccc1)P(=O)(c1ccccc1)c1ccccc1. The highest BCUT2D eigenvalue weighted by Gasteiger charge is 2.33. The Labute approximate surface area is 144 Å². The van der Waals surface area contributed by atoms with E-state index in [0.29, 0.717) is 0 Å². The lowest BCUT2D eigenvalue weighted by atomic mass is 10.1. The minimum Gasteiger partial charge on any atom is -0.313 e. The van der Waals surface area contributed by atoms with Crippen molar-refractivity contribution < 1.29 is 4.57 Å². The lowest BCUT2D eigenvalue weighted by molar-refractivity contribution is 0.575. The van der Waals surface area contributed by atoms with Crippen molar-refractivity contribution >= 4 is 17.8 Å². The van der Waals surface area contributed by atoms with Gasteiger partial charge in [-0.15, -0.1) is 0 Å². The van der Waals surface area contributed by atoms with Crippen LogP contribution in [0.3, 0.4) is 0 Å². The molecule has 3 rings (SSSR count). The van der Waals surface area contributed by atoms with Crippen molar-refractivity contribution in [1.82, 2.24) is 0 Å². The van der Waals surface area contributed by atoms with Gasteiger partial charge in [0.25, 0.3) is 0 Å². The minimum absolute atomic E-state index is 0.0995. The van der Waals surface area contributed by atoms with Crippen LogP contribution in [-0.2, 0) is 11.0 Å². The summed E-state index contributed by atoms with van der Waals surface area (Å²) >= 11 is 0. The molecule has 2 heteroatoms. The predicted octanol–water partition coefficient (Wildman–Crippen LogP) is 5.02. The van der Waals surface area contributed by atoms with Crippen molar-refractivity contribution in [3.8, 4) is 0 Å². The average molecular weight is 334 g/mol. The smallest absolute Gasteiger partial charge is 0.145 e. The molecule has 0 heterocycles. The molecule has 0 spiro atoms. The quantitative estimate of drug-likeness (QED) is 0.578. The third kappa shape index (κ3) is 3.52. The molecule has 3 aromatic carbocycles. The van der Waals surface area contributed by atoms with Gasteiger partial charge in [-0.1, -0.05) is 97.9 Å². The summed E-state index contributed by atoms with van der Waals surface area (Å²) in [5.74, 6) is 0. The molecular weight excluding hydrogens is 311 g/mol. The predicted molar refractivity (Wildman–Crippen MR) is 104 cm³/mol. The highest BCUT2D eigenvalue weighted by molar-refractivity contribution is 7.79. The van der Waals surface area contributed by atoms with Crippen LogP contribution in [0.25, 0.3) is 0 Å². The highest BCUT2D eigenvalue weighted by Crippen LogP contribution is 2.49. The molecule has 0 fully saturated rings. The van der Waals surface area contributed by atoms with Crippen molar-refractivity contribution in [2.24, 2.45) is 0 Å². The monoisotopic (exact) mass is 334 g/mol. The standard InChI is InChI=1S/C22H23OP/c1-19(17-18-20-11-5-2-6-12-20)24(23,21-13-7-3-8-14-21)22-15-9-4-10-16-22/h2-16,19H,17-18H2,1H3. The Morgan fingerprint density at radius 3 is 1.58 bits per heavy atom. The van der Waals surface area contributed by atoms with Crippen LogP contribution in [0.2, 0.25) is 0 Å². The van der Waals surface area contributed by atoms with Gasteiger partial charge in [0.1, 0.15) is 7.14 Å². The number of rotatable bonds is 6. The fraction of sp³-hybridized carbons (Fsp3) is 0.182. The second-order valence-corrected chi connectivity index (χ2v) is 9.43. The first-order valence-electron chi connectivity index (χ1n) is 8.46. The van der Waals surface area contributed by atoms with E-state index in [4.69, 9.17) is 0 Å². The summed E-state index contributed by atoms with van der Waals surface area (Å²) in [6, 6.07) is 30.4. The number of aryl methyl sites for hydroxylation is 1. The molecule has 0 bridgehead atoms. The largest absolute Gasteiger partial charge is 0.313 e. The van der Waals surface area contributed by atoms with E-state index in [9.17, 15) is 4.57 Å². The Kier molecular flexibility index (Phi) is 5.33. The summed E-state index contributed by atoms with van der Waals surface area (Å²) in [4.78, 5) is 0. The van der Waals surface area contributed by atoms with Crippen LogP contribution >= 0.6 is 7.14 Å². The molecular formula is C22H23OP. The third-order valence-electron chi connectivity index (χ3n) is 4.59. The van der Waals surface area contributed by atoms with Gasteiger partial charge in [0.05, 0.1) is 0 Å². The van der Waals surface area contributed by atoms with Crippen molar-refractivity contribution in [2.75, 3.05) is 0 Å². The molecule has 0 amide bonds. The van der Waals surface area contributed by atoms with E-state index in [-0.39, 0.29) is 5.66 Å². The topological polar surface area (TPSA) is 17.1 Å². The zero-order valence-electron chi connectivity index (χ0n) is 14.0. The lowest BCUT2D eigenvalue weighted by Crippen LogP contribution is -2.24. The molecule has 122 valence electrons. The third-order valence-corrected chi connectivity index (χ3v) is 8.22. The average Bonchev–Trinajstić information content (AvgIpc) is 2.67. The van der Waals surface area contributed by atoms with E-state index in [1.54, 1.807) is 0 Å². The fourth-order valence-electron chi connectivity index (χ4n) is 3.16. The van der Waals surface area contributed by atoms with E-state index >= 15 is 0 Å². The maximum atomic E-state index is 14.1. The first-order valence-corrected chi connectivity index (χ1v) is 10.2. The normalized spacial score (nSPS) is 12.7. The van der Waals surface area contributed by atoms with Gasteiger partial charge in [0.2, 0.25) is 0 Å². The maximum Gasteiger partial charge on any atom is 0.145 e. The van der Waals surface area contributed by atoms with Crippen molar-refractivity contribution in [1.29, 1.82) is 0 Å². The molecule has 0 aliphatic heterocycles. The van der Waals surface area contributed by atoms with Gasteiger partial charge >= 0.3 is 0 Å². The molecule has 0 aliphatic rings. The molecule has 0 aromatic heterocycles. The summed E-state index contributed by atoms with van der Waals surface area (Å²) in [5.41, 5.74) is 1.40. The molecule has 24 heavy (non-hydrogen) atoms. The highest BCUT2D eigenvalue weighted by atomic mass is 31.2. The first-order chi connectivity index (χ1) is 11.7. The van der Waals surface area contributed by atoms with Crippen molar-refractivity contribution in [2.45, 2.75) is 25.4 Å². The van der Waals surface area contributed by atoms with Crippen molar-refractivity contribution in [3.05, 3.63) is 96.6 Å². The number of hydrogen-bond acceptors (Lipinski definition) is 1. The second kappa shape index (κ2) is 7.64. The Morgan fingerprint density at radius 2 is 1.12 bits per heavy atom. The Morgan fingerprint density at radius 1 is 0.708 bits per heavy atom. The minimum atomic E-state index is -2.65. The van der Waals surface area contributed by atoms with Crippen LogP contribution < -0.4 is 10.6 Å². The summed E-state index contributed by atoms with van der Waals surface area (Å²) in [6.45, 7) is 2.13. The van der Waals surface area contributed by atoms with Gasteiger partial charge in [-0.25, -0.2) is 0 Å². The van der Waals surface area contributed by atoms with Crippen LogP contribution in [0.15, 0.2) is 91.0 Å². The van der Waals surface area contributed by atoms with Crippen LogP contribution in [0.5, 0.6) is 0 Å². The molecule has 0 saturated carbocycles. The van der Waals surface area contributed by atoms with Crippen molar-refractivity contribution in [3.63, 3.8) is 0 Å². The van der Waals surface area contributed by atoms with E-state index in [0.717, 1.165) is 23.5 Å². The maximum absolute atomic E-state index is 14.1. The Bertz CT molecular complexity index is 754. The fourth-order valence-corrected chi connectivity index (χ4v) is 6.20. The molecule has 3 aromatic rings. The summed E-state index contributed by atoms with van der Waals surface area (Å²) < 4.78 is 14.1. The molecule has 0 aliphatic carbocycles. The van der Waals surface area contributed by atoms with Crippen LogP contribution in [0.4, 0.5) is 0 Å². The molecule has 1 nitrogen and oxygen atoms in total. The number of hydrogen-bond donors (Lipinski definition) is 0. The van der Waals surface area contributed by atoms with E-state index in [1.807, 2.05) is 66.7 Å². The lowest BCUT2D eigenvalue weighted by Gasteiger charge is -2.26. The molecule has 0 radical (unpaired) electrons.